The zero-order valence-corrected chi connectivity index (χ0v) is 10.6. The van der Waals surface area contributed by atoms with Crippen LogP contribution in [0.3, 0.4) is 0 Å². The maximum Gasteiger partial charge on any atom is 0.144 e. The van der Waals surface area contributed by atoms with Crippen molar-refractivity contribution < 1.29 is 0 Å². The Balaban J connectivity index is 2.37. The summed E-state index contributed by atoms with van der Waals surface area (Å²) in [6, 6.07) is 2.09. The molecule has 0 aliphatic heterocycles. The van der Waals surface area contributed by atoms with Crippen LogP contribution in [0.4, 0.5) is 5.82 Å². The highest BCUT2D eigenvalue weighted by atomic mass is 79.9. The maximum absolute atomic E-state index is 4.34. The highest BCUT2D eigenvalue weighted by Crippen LogP contribution is 2.32. The van der Waals surface area contributed by atoms with E-state index in [0.29, 0.717) is 6.54 Å². The Hall–Kier alpha value is -1.05. The van der Waals surface area contributed by atoms with Crippen LogP contribution < -0.4 is 5.32 Å². The van der Waals surface area contributed by atoms with Crippen molar-refractivity contribution in [3.8, 4) is 11.8 Å². The molecule has 0 fully saturated rings. The number of aromatic nitrogens is 1. The second-order valence-corrected chi connectivity index (χ2v) is 4.67. The number of hydrogen-bond donors (Lipinski definition) is 1. The average Bonchev–Trinajstić information content (AvgIpc) is 2.71. The van der Waals surface area contributed by atoms with E-state index in [0.717, 1.165) is 10.3 Å². The van der Waals surface area contributed by atoms with Gasteiger partial charge in [-0.1, -0.05) is 5.92 Å². The molecule has 0 saturated heterocycles. The second kappa shape index (κ2) is 4.65. The number of halogens is 1. The predicted octanol–water partition coefficient (Wildman–Crippen LogP) is 3.49. The first kappa shape index (κ1) is 10.5. The van der Waals surface area contributed by atoms with Gasteiger partial charge in [-0.25, -0.2) is 4.98 Å². The third-order valence-corrected chi connectivity index (χ3v) is 3.52. The number of rotatable bonds is 2. The largest absolute Gasteiger partial charge is 0.358 e. The van der Waals surface area contributed by atoms with E-state index in [1.165, 1.54) is 10.1 Å². The first-order valence-corrected chi connectivity index (χ1v) is 6.15. The Morgan fingerprint density at radius 2 is 2.47 bits per heavy atom. The molecular weight excluding hydrogens is 272 g/mol. The van der Waals surface area contributed by atoms with Crippen LogP contribution in [0.25, 0.3) is 10.1 Å². The third-order valence-electron chi connectivity index (χ3n) is 1.97. The number of anilines is 1. The summed E-state index contributed by atoms with van der Waals surface area (Å²) in [5.41, 5.74) is 0. The number of thiophene rings is 1. The average molecular weight is 281 g/mol. The van der Waals surface area contributed by atoms with Gasteiger partial charge in [-0.2, -0.15) is 0 Å². The molecule has 2 nitrogen and oxygen atoms in total. The van der Waals surface area contributed by atoms with E-state index in [4.69, 9.17) is 0 Å². The summed E-state index contributed by atoms with van der Waals surface area (Å²) in [6.07, 6.45) is 1.82. The van der Waals surface area contributed by atoms with Crippen LogP contribution in [0.1, 0.15) is 6.92 Å². The van der Waals surface area contributed by atoms with E-state index in [1.54, 1.807) is 11.3 Å². The van der Waals surface area contributed by atoms with Crippen molar-refractivity contribution in [3.63, 3.8) is 0 Å². The summed E-state index contributed by atoms with van der Waals surface area (Å²) in [7, 11) is 0. The Labute approximate surface area is 101 Å². The van der Waals surface area contributed by atoms with Gasteiger partial charge >= 0.3 is 0 Å². The highest BCUT2D eigenvalue weighted by molar-refractivity contribution is 9.10. The molecule has 0 unspecified atom stereocenters. The number of fused-ring (bicyclic) bond motifs is 1. The minimum Gasteiger partial charge on any atom is -0.358 e. The molecule has 0 amide bonds. The molecule has 0 radical (unpaired) electrons. The number of nitrogens with zero attached hydrogens (tertiary/aromatic N) is 1. The van der Waals surface area contributed by atoms with Crippen molar-refractivity contribution >= 4 is 43.2 Å². The van der Waals surface area contributed by atoms with Gasteiger partial charge in [-0.3, -0.25) is 0 Å². The summed E-state index contributed by atoms with van der Waals surface area (Å²) in [5.74, 6) is 6.71. The molecule has 76 valence electrons. The van der Waals surface area contributed by atoms with Crippen LogP contribution in [-0.4, -0.2) is 11.5 Å². The summed E-state index contributed by atoms with van der Waals surface area (Å²) in [6.45, 7) is 2.47. The van der Waals surface area contributed by atoms with E-state index in [9.17, 15) is 0 Å². The fourth-order valence-electron chi connectivity index (χ4n) is 1.27. The topological polar surface area (TPSA) is 24.9 Å². The van der Waals surface area contributed by atoms with Gasteiger partial charge in [0.1, 0.15) is 5.82 Å². The lowest BCUT2D eigenvalue weighted by Gasteiger charge is -2.03. The molecular formula is C11H9BrN2S. The van der Waals surface area contributed by atoms with Crippen LogP contribution in [0.5, 0.6) is 0 Å². The molecule has 0 aliphatic carbocycles. The van der Waals surface area contributed by atoms with Gasteiger partial charge < -0.3 is 5.32 Å². The fourth-order valence-corrected chi connectivity index (χ4v) is 2.72. The van der Waals surface area contributed by atoms with E-state index < -0.39 is 0 Å². The number of hydrogen-bond acceptors (Lipinski definition) is 3. The van der Waals surface area contributed by atoms with Crippen molar-refractivity contribution in [2.75, 3.05) is 11.9 Å². The van der Waals surface area contributed by atoms with Gasteiger partial charge in [0.2, 0.25) is 0 Å². The molecule has 2 aromatic heterocycles. The molecule has 0 bridgehead atoms. The summed E-state index contributed by atoms with van der Waals surface area (Å²) in [5, 5.41) is 6.47. The molecule has 0 saturated carbocycles. The molecule has 0 spiro atoms. The van der Waals surface area contributed by atoms with Crippen LogP contribution in [0.2, 0.25) is 0 Å². The first-order chi connectivity index (χ1) is 7.33. The molecule has 2 aromatic rings. The summed E-state index contributed by atoms with van der Waals surface area (Å²) in [4.78, 5) is 4.34. The highest BCUT2D eigenvalue weighted by Gasteiger charge is 2.05. The summed E-state index contributed by atoms with van der Waals surface area (Å²) < 4.78 is 2.20. The molecule has 2 rings (SSSR count). The lowest BCUT2D eigenvalue weighted by molar-refractivity contribution is 1.27. The van der Waals surface area contributed by atoms with Crippen LogP contribution in [0, 0.1) is 11.8 Å². The molecule has 0 aliphatic rings. The minimum absolute atomic E-state index is 0.637. The molecule has 2 heterocycles. The summed E-state index contributed by atoms with van der Waals surface area (Å²) >= 11 is 5.16. The Morgan fingerprint density at radius 3 is 3.27 bits per heavy atom. The van der Waals surface area contributed by atoms with Crippen LogP contribution in [-0.2, 0) is 0 Å². The first-order valence-electron chi connectivity index (χ1n) is 4.48. The van der Waals surface area contributed by atoms with Crippen molar-refractivity contribution in [3.05, 3.63) is 22.1 Å². The van der Waals surface area contributed by atoms with Gasteiger partial charge in [0, 0.05) is 16.1 Å². The SMILES string of the molecule is CC#CCNc1ncc(Br)c2ccsc12. The van der Waals surface area contributed by atoms with Crippen molar-refractivity contribution in [2.45, 2.75) is 6.92 Å². The van der Waals surface area contributed by atoms with Crippen LogP contribution >= 0.6 is 27.3 Å². The third kappa shape index (κ3) is 2.14. The molecule has 4 heteroatoms. The van der Waals surface area contributed by atoms with Crippen LogP contribution in [0.15, 0.2) is 22.1 Å². The lowest BCUT2D eigenvalue weighted by atomic mass is 10.3. The maximum atomic E-state index is 4.34. The van der Waals surface area contributed by atoms with E-state index in [1.807, 2.05) is 13.1 Å². The molecule has 0 aromatic carbocycles. The van der Waals surface area contributed by atoms with Crippen molar-refractivity contribution in [1.82, 2.24) is 4.98 Å². The Bertz CT molecular complexity index is 536. The normalized spacial score (nSPS) is 9.73. The predicted molar refractivity (Wildman–Crippen MR) is 69.3 cm³/mol. The zero-order valence-electron chi connectivity index (χ0n) is 8.17. The fraction of sp³-hybridized carbons (Fsp3) is 0.182. The van der Waals surface area contributed by atoms with Gasteiger partial charge in [-0.05, 0) is 34.3 Å². The van der Waals surface area contributed by atoms with E-state index >= 15 is 0 Å². The van der Waals surface area contributed by atoms with Gasteiger partial charge in [-0.15, -0.1) is 17.3 Å². The standard InChI is InChI=1S/C11H9BrN2S/c1-2-3-5-13-11-10-8(4-6-15-10)9(12)7-14-11/h4,6-7H,5H2,1H3,(H,13,14). The number of pyridine rings is 1. The van der Waals surface area contributed by atoms with Gasteiger partial charge in [0.25, 0.3) is 0 Å². The quantitative estimate of drug-likeness (QED) is 0.852. The van der Waals surface area contributed by atoms with Crippen molar-refractivity contribution in [2.24, 2.45) is 0 Å². The minimum atomic E-state index is 0.637. The smallest absolute Gasteiger partial charge is 0.144 e. The van der Waals surface area contributed by atoms with E-state index in [-0.39, 0.29) is 0 Å². The Kier molecular flexibility index (Phi) is 3.24. The monoisotopic (exact) mass is 280 g/mol. The van der Waals surface area contributed by atoms with Gasteiger partial charge in [0.05, 0.1) is 11.2 Å². The molecule has 0 atom stereocenters. The van der Waals surface area contributed by atoms with E-state index in [2.05, 4.69) is 49.5 Å². The molecule has 15 heavy (non-hydrogen) atoms. The lowest BCUT2D eigenvalue weighted by Crippen LogP contribution is -2.00. The second-order valence-electron chi connectivity index (χ2n) is 2.90. The zero-order chi connectivity index (χ0) is 10.7. The molecule has 1 N–H and O–H groups in total. The Morgan fingerprint density at radius 1 is 1.60 bits per heavy atom. The van der Waals surface area contributed by atoms with Gasteiger partial charge in [0.15, 0.2) is 0 Å². The van der Waals surface area contributed by atoms with Crippen molar-refractivity contribution in [1.29, 1.82) is 0 Å². The number of nitrogens with one attached hydrogen (secondary N) is 1.